The molecule has 0 fully saturated rings. The topological polar surface area (TPSA) is 32.3 Å². The molecule has 3 nitrogen and oxygen atoms in total. The number of carbonyl (C=O) groups excluding carboxylic acids is 1. The van der Waals surface area contributed by atoms with Crippen LogP contribution < -0.4 is 5.32 Å². The van der Waals surface area contributed by atoms with Crippen molar-refractivity contribution in [2.75, 3.05) is 20.1 Å². The van der Waals surface area contributed by atoms with Crippen molar-refractivity contribution in [2.45, 2.75) is 59.4 Å². The lowest BCUT2D eigenvalue weighted by molar-refractivity contribution is -0.117. The van der Waals surface area contributed by atoms with Gasteiger partial charge in [-0.3, -0.25) is 9.69 Å². The Morgan fingerprint density at radius 2 is 1.96 bits per heavy atom. The van der Waals surface area contributed by atoms with Crippen molar-refractivity contribution in [1.82, 2.24) is 10.2 Å². The Bertz CT molecular complexity index is 506. The number of carbonyl (C=O) groups is 1. The van der Waals surface area contributed by atoms with Crippen LogP contribution in [0.2, 0.25) is 0 Å². The Labute approximate surface area is 159 Å². The third kappa shape index (κ3) is 10.3. The molecular weight excluding hydrogens is 332 g/mol. The summed E-state index contributed by atoms with van der Waals surface area (Å²) in [6.45, 7) is 13.8. The molecule has 0 aromatic carbocycles. The van der Waals surface area contributed by atoms with Gasteiger partial charge in [0.2, 0.25) is 5.91 Å². The quantitative estimate of drug-likeness (QED) is 0.292. The lowest BCUT2D eigenvalue weighted by Crippen LogP contribution is -2.31. The van der Waals surface area contributed by atoms with Crippen LogP contribution in [0.5, 0.6) is 0 Å². The molecule has 1 N–H and O–H groups in total. The summed E-state index contributed by atoms with van der Waals surface area (Å²) >= 11 is 5.97. The zero-order chi connectivity index (χ0) is 19.2. The Balaban J connectivity index is 4.05. The maximum atomic E-state index is 12.1. The maximum Gasteiger partial charge on any atom is 0.247 e. The first-order chi connectivity index (χ1) is 11.9. The van der Waals surface area contributed by atoms with Crippen molar-refractivity contribution < 1.29 is 4.79 Å². The number of nitrogens with zero attached hydrogens (tertiary/aromatic N) is 1. The molecule has 0 radical (unpaired) electrons. The summed E-state index contributed by atoms with van der Waals surface area (Å²) in [5, 5.41) is 3.58. The molecule has 0 aliphatic rings. The van der Waals surface area contributed by atoms with Crippen LogP contribution in [0.3, 0.4) is 0 Å². The second kappa shape index (κ2) is 13.9. The molecule has 0 aliphatic heterocycles. The normalized spacial score (nSPS) is 14.2. The minimum Gasteiger partial charge on any atom is -0.352 e. The van der Waals surface area contributed by atoms with Crippen molar-refractivity contribution in [3.05, 3.63) is 47.1 Å². The van der Waals surface area contributed by atoms with E-state index in [0.717, 1.165) is 37.0 Å². The highest BCUT2D eigenvalue weighted by atomic mass is 35.5. The van der Waals surface area contributed by atoms with E-state index in [0.29, 0.717) is 24.0 Å². The highest BCUT2D eigenvalue weighted by molar-refractivity contribution is 6.31. The summed E-state index contributed by atoms with van der Waals surface area (Å²) in [6.07, 6.45) is 11.5. The van der Waals surface area contributed by atoms with Gasteiger partial charge in [0.1, 0.15) is 0 Å². The molecule has 0 aliphatic carbocycles. The Morgan fingerprint density at radius 3 is 2.52 bits per heavy atom. The van der Waals surface area contributed by atoms with Gasteiger partial charge in [0, 0.05) is 23.2 Å². The van der Waals surface area contributed by atoms with Gasteiger partial charge >= 0.3 is 0 Å². The number of hydrogen-bond donors (Lipinski definition) is 1. The number of amides is 1. The first kappa shape index (κ1) is 23.7. The number of nitrogens with one attached hydrogen (secondary N) is 1. The molecule has 1 atom stereocenters. The minimum absolute atomic E-state index is 0.0177. The number of allylic oxidation sites excluding steroid dienone is 4. The number of unbranched alkanes of at least 4 members (excludes halogenated alkanes) is 2. The van der Waals surface area contributed by atoms with Gasteiger partial charge in [-0.05, 0) is 65.3 Å². The number of likely N-dealkylation sites (N-methyl/N-ethyl adjacent to an activating group) is 1. The smallest absolute Gasteiger partial charge is 0.247 e. The molecule has 4 heteroatoms. The second-order valence-corrected chi connectivity index (χ2v) is 6.68. The van der Waals surface area contributed by atoms with E-state index in [4.69, 9.17) is 11.6 Å². The van der Waals surface area contributed by atoms with Crippen LogP contribution in [0.1, 0.15) is 53.4 Å². The Morgan fingerprint density at radius 1 is 1.28 bits per heavy atom. The number of rotatable bonds is 12. The van der Waals surface area contributed by atoms with Crippen molar-refractivity contribution in [2.24, 2.45) is 0 Å². The molecule has 0 saturated carbocycles. The maximum absolute atomic E-state index is 12.1. The molecule has 0 heterocycles. The van der Waals surface area contributed by atoms with Gasteiger partial charge in [-0.15, -0.1) is 0 Å². The molecule has 142 valence electrons. The summed E-state index contributed by atoms with van der Waals surface area (Å²) in [4.78, 5) is 14.4. The Hall–Kier alpha value is -1.32. The summed E-state index contributed by atoms with van der Waals surface area (Å²) in [6, 6.07) is 0.351. The molecule has 1 unspecified atom stereocenters. The fourth-order valence-electron chi connectivity index (χ4n) is 2.39. The van der Waals surface area contributed by atoms with Crippen LogP contribution >= 0.6 is 11.6 Å². The van der Waals surface area contributed by atoms with E-state index in [9.17, 15) is 4.79 Å². The third-order valence-electron chi connectivity index (χ3n) is 4.31. The Kier molecular flexibility index (Phi) is 13.2. The van der Waals surface area contributed by atoms with Crippen molar-refractivity contribution in [3.63, 3.8) is 0 Å². The van der Waals surface area contributed by atoms with Crippen molar-refractivity contribution >= 4 is 17.5 Å². The monoisotopic (exact) mass is 366 g/mol. The van der Waals surface area contributed by atoms with Gasteiger partial charge in [0.05, 0.1) is 0 Å². The summed E-state index contributed by atoms with van der Waals surface area (Å²) < 4.78 is 0. The zero-order valence-corrected chi connectivity index (χ0v) is 17.3. The van der Waals surface area contributed by atoms with Crippen LogP contribution in [-0.4, -0.2) is 37.0 Å². The van der Waals surface area contributed by atoms with Gasteiger partial charge < -0.3 is 5.32 Å². The summed E-state index contributed by atoms with van der Waals surface area (Å²) in [7, 11) is 2.13. The van der Waals surface area contributed by atoms with Crippen LogP contribution in [0.25, 0.3) is 0 Å². The lowest BCUT2D eigenvalue weighted by atomic mass is 10.1. The lowest BCUT2D eigenvalue weighted by Gasteiger charge is -2.25. The molecule has 0 bridgehead atoms. The summed E-state index contributed by atoms with van der Waals surface area (Å²) in [5.74, 6) is -0.0177. The number of halogens is 1. The van der Waals surface area contributed by atoms with Crippen molar-refractivity contribution in [1.29, 1.82) is 0 Å². The zero-order valence-electron chi connectivity index (χ0n) is 16.6. The van der Waals surface area contributed by atoms with Crippen LogP contribution in [0, 0.1) is 0 Å². The molecule has 0 rings (SSSR count). The van der Waals surface area contributed by atoms with Crippen molar-refractivity contribution in [3.8, 4) is 0 Å². The predicted octanol–water partition coefficient (Wildman–Crippen LogP) is 5.20. The third-order valence-corrected chi connectivity index (χ3v) is 4.64. The van der Waals surface area contributed by atoms with Gasteiger partial charge in [-0.1, -0.05) is 49.8 Å². The highest BCUT2D eigenvalue weighted by Gasteiger charge is 2.10. The minimum atomic E-state index is -0.0177. The highest BCUT2D eigenvalue weighted by Crippen LogP contribution is 2.11. The van der Waals surface area contributed by atoms with Crippen LogP contribution in [0.15, 0.2) is 47.1 Å². The standard InChI is InChI=1S/C21H35ClN2O/c1-7-13-17(4)18(5)24(6)15-12-10-11-14-23-21(25)19(8-2)16-20(22)9-3/h7,9,13,16,18H,4,8,10-12,14-15H2,1-3,5-6H3,(H,23,25)/b13-7-,19-16+,20-9+. The van der Waals surface area contributed by atoms with Gasteiger partial charge in [-0.25, -0.2) is 0 Å². The van der Waals surface area contributed by atoms with Gasteiger partial charge in [-0.2, -0.15) is 0 Å². The van der Waals surface area contributed by atoms with E-state index >= 15 is 0 Å². The van der Waals surface area contributed by atoms with E-state index in [1.54, 1.807) is 12.2 Å². The average molecular weight is 367 g/mol. The van der Waals surface area contributed by atoms with Crippen LogP contribution in [-0.2, 0) is 4.79 Å². The molecule has 0 aromatic heterocycles. The fourth-order valence-corrected chi connectivity index (χ4v) is 2.52. The SMILES string of the molecule is C=C(/C=C\C)C(C)N(C)CCCCCNC(=O)/C(=C/C(Cl)=C\C)CC. The number of hydrogen-bond acceptors (Lipinski definition) is 2. The van der Waals surface area contributed by atoms with E-state index in [1.807, 2.05) is 26.8 Å². The molecular formula is C21H35ClN2O. The first-order valence-electron chi connectivity index (χ1n) is 9.19. The van der Waals surface area contributed by atoms with Crippen LogP contribution in [0.4, 0.5) is 0 Å². The average Bonchev–Trinajstić information content (AvgIpc) is 2.61. The molecule has 25 heavy (non-hydrogen) atoms. The van der Waals surface area contributed by atoms with Gasteiger partial charge in [0.25, 0.3) is 0 Å². The van der Waals surface area contributed by atoms with E-state index in [-0.39, 0.29) is 5.91 Å². The molecule has 0 saturated heterocycles. The van der Waals surface area contributed by atoms with E-state index in [2.05, 4.69) is 36.8 Å². The fraction of sp³-hybridized carbons (Fsp3) is 0.571. The first-order valence-corrected chi connectivity index (χ1v) is 9.57. The largest absolute Gasteiger partial charge is 0.352 e. The van der Waals surface area contributed by atoms with E-state index < -0.39 is 0 Å². The second-order valence-electron chi connectivity index (χ2n) is 6.24. The summed E-state index contributed by atoms with van der Waals surface area (Å²) in [5.41, 5.74) is 1.86. The molecule has 0 aromatic rings. The van der Waals surface area contributed by atoms with E-state index in [1.165, 1.54) is 0 Å². The predicted molar refractivity (Wildman–Crippen MR) is 111 cm³/mol. The molecule has 1 amide bonds. The molecule has 0 spiro atoms. The van der Waals surface area contributed by atoms with Gasteiger partial charge in [0.15, 0.2) is 0 Å².